The first-order valence-corrected chi connectivity index (χ1v) is 4.82. The fourth-order valence-corrected chi connectivity index (χ4v) is 1.29. The van der Waals surface area contributed by atoms with Gasteiger partial charge in [0.05, 0.1) is 6.61 Å². The van der Waals surface area contributed by atoms with Crippen molar-refractivity contribution in [3.05, 3.63) is 23.8 Å². The third-order valence-electron chi connectivity index (χ3n) is 1.98. The van der Waals surface area contributed by atoms with E-state index in [1.165, 1.54) is 6.08 Å². The molecule has 0 fully saturated rings. The lowest BCUT2D eigenvalue weighted by Crippen LogP contribution is -2.06. The largest absolute Gasteiger partial charge is 0.463 e. The first kappa shape index (κ1) is 10.7. The number of hydrogen-bond donors (Lipinski definition) is 0. The minimum atomic E-state index is -0.397. The number of rotatable bonds is 3. The van der Waals surface area contributed by atoms with Gasteiger partial charge < -0.3 is 4.74 Å². The molecule has 3 nitrogen and oxygen atoms in total. The van der Waals surface area contributed by atoms with Crippen LogP contribution in [0.15, 0.2) is 23.8 Å². The summed E-state index contributed by atoms with van der Waals surface area (Å²) in [6.45, 7) is 2.10. The summed E-state index contributed by atoms with van der Waals surface area (Å²) in [6, 6.07) is 0. The minimum Gasteiger partial charge on any atom is -0.463 e. The van der Waals surface area contributed by atoms with Crippen LogP contribution in [0.2, 0.25) is 0 Å². The van der Waals surface area contributed by atoms with E-state index in [0.717, 1.165) is 12.8 Å². The van der Waals surface area contributed by atoms with E-state index < -0.39 is 5.97 Å². The van der Waals surface area contributed by atoms with Crippen LogP contribution in [0.5, 0.6) is 0 Å². The Labute approximate surface area is 83.4 Å². The topological polar surface area (TPSA) is 43.4 Å². The molecule has 14 heavy (non-hydrogen) atoms. The average molecular weight is 194 g/mol. The molecular formula is C11H14O3. The number of esters is 1. The molecule has 1 aliphatic rings. The molecule has 0 heterocycles. The molecule has 0 aromatic carbocycles. The van der Waals surface area contributed by atoms with E-state index in [-0.39, 0.29) is 5.78 Å². The maximum absolute atomic E-state index is 11.3. The van der Waals surface area contributed by atoms with Gasteiger partial charge >= 0.3 is 5.97 Å². The van der Waals surface area contributed by atoms with E-state index in [4.69, 9.17) is 4.74 Å². The molecule has 0 atom stereocenters. The Morgan fingerprint density at radius 1 is 1.64 bits per heavy atom. The van der Waals surface area contributed by atoms with Crippen LogP contribution in [-0.2, 0) is 14.3 Å². The molecule has 0 aromatic heterocycles. The molecule has 0 unspecified atom stereocenters. The number of hydrogen-bond acceptors (Lipinski definition) is 3. The fourth-order valence-electron chi connectivity index (χ4n) is 1.29. The number of Topliss-reactive ketones (excluding diaryl/α,β-unsaturated/α-hetero) is 1. The van der Waals surface area contributed by atoms with E-state index in [2.05, 4.69) is 0 Å². The zero-order valence-corrected chi connectivity index (χ0v) is 8.29. The van der Waals surface area contributed by atoms with Gasteiger partial charge in [0.2, 0.25) is 0 Å². The van der Waals surface area contributed by atoms with Crippen LogP contribution in [0.1, 0.15) is 26.2 Å². The monoisotopic (exact) mass is 194 g/mol. The lowest BCUT2D eigenvalue weighted by atomic mass is 9.98. The van der Waals surface area contributed by atoms with Gasteiger partial charge in [-0.3, -0.25) is 4.79 Å². The molecule has 0 saturated heterocycles. The van der Waals surface area contributed by atoms with E-state index in [9.17, 15) is 9.59 Å². The van der Waals surface area contributed by atoms with Gasteiger partial charge in [-0.25, -0.2) is 4.79 Å². The average Bonchev–Trinajstić information content (AvgIpc) is 2.17. The summed E-state index contributed by atoms with van der Waals surface area (Å²) in [5, 5.41) is 0. The number of ether oxygens (including phenoxy) is 1. The van der Waals surface area contributed by atoms with Crippen molar-refractivity contribution in [2.45, 2.75) is 26.2 Å². The normalized spacial score (nSPS) is 16.9. The molecule has 0 bridgehead atoms. The first-order valence-electron chi connectivity index (χ1n) is 4.82. The van der Waals surface area contributed by atoms with E-state index in [0.29, 0.717) is 18.6 Å². The van der Waals surface area contributed by atoms with Gasteiger partial charge in [0, 0.05) is 18.1 Å². The van der Waals surface area contributed by atoms with Crippen molar-refractivity contribution in [2.75, 3.05) is 6.61 Å². The summed E-state index contributed by atoms with van der Waals surface area (Å²) in [5.74, 6) is -0.288. The molecule has 76 valence electrons. The molecule has 3 heteroatoms. The summed E-state index contributed by atoms with van der Waals surface area (Å²) >= 11 is 0. The van der Waals surface area contributed by atoms with Gasteiger partial charge in [-0.05, 0) is 25.8 Å². The maximum Gasteiger partial charge on any atom is 0.330 e. The summed E-state index contributed by atoms with van der Waals surface area (Å²) in [4.78, 5) is 22.2. The molecule has 0 spiro atoms. The molecule has 1 aliphatic carbocycles. The van der Waals surface area contributed by atoms with Gasteiger partial charge in [0.1, 0.15) is 0 Å². The Balaban J connectivity index is 2.54. The Hall–Kier alpha value is -1.38. The SMILES string of the molecule is CCOC(=O)/C=C/C1=CCCCC1=O. The van der Waals surface area contributed by atoms with E-state index in [1.807, 2.05) is 6.08 Å². The predicted molar refractivity (Wildman–Crippen MR) is 52.7 cm³/mol. The standard InChI is InChI=1S/C11H14O3/c1-2-14-11(13)8-7-9-5-3-4-6-10(9)12/h5,7-8H,2-4,6H2,1H3/b8-7+. The van der Waals surface area contributed by atoms with Gasteiger partial charge in [-0.1, -0.05) is 6.08 Å². The van der Waals surface area contributed by atoms with Crippen molar-refractivity contribution in [2.24, 2.45) is 0 Å². The van der Waals surface area contributed by atoms with Crippen molar-refractivity contribution in [3.8, 4) is 0 Å². The molecule has 0 amide bonds. The number of ketones is 1. The van der Waals surface area contributed by atoms with Crippen LogP contribution in [0.25, 0.3) is 0 Å². The Morgan fingerprint density at radius 2 is 2.43 bits per heavy atom. The third kappa shape index (κ3) is 3.17. The van der Waals surface area contributed by atoms with Crippen molar-refractivity contribution in [1.29, 1.82) is 0 Å². The van der Waals surface area contributed by atoms with Crippen LogP contribution in [0.3, 0.4) is 0 Å². The molecule has 0 aromatic rings. The van der Waals surface area contributed by atoms with Crippen LogP contribution in [-0.4, -0.2) is 18.4 Å². The van der Waals surface area contributed by atoms with Gasteiger partial charge in [-0.15, -0.1) is 0 Å². The highest BCUT2D eigenvalue weighted by Crippen LogP contribution is 2.14. The first-order chi connectivity index (χ1) is 6.74. The Bertz CT molecular complexity index is 287. The quantitative estimate of drug-likeness (QED) is 0.508. The molecule has 0 saturated carbocycles. The molecule has 0 aliphatic heterocycles. The molecular weight excluding hydrogens is 180 g/mol. The van der Waals surface area contributed by atoms with Crippen molar-refractivity contribution in [1.82, 2.24) is 0 Å². The third-order valence-corrected chi connectivity index (χ3v) is 1.98. The summed E-state index contributed by atoms with van der Waals surface area (Å²) < 4.78 is 4.70. The summed E-state index contributed by atoms with van der Waals surface area (Å²) in [7, 11) is 0. The highest BCUT2D eigenvalue weighted by Gasteiger charge is 2.10. The van der Waals surface area contributed by atoms with E-state index >= 15 is 0 Å². The Morgan fingerprint density at radius 3 is 3.07 bits per heavy atom. The number of allylic oxidation sites excluding steroid dienone is 3. The Kier molecular flexibility index (Phi) is 4.11. The highest BCUT2D eigenvalue weighted by atomic mass is 16.5. The van der Waals surface area contributed by atoms with Gasteiger partial charge in [0.25, 0.3) is 0 Å². The minimum absolute atomic E-state index is 0.108. The van der Waals surface area contributed by atoms with Crippen LogP contribution < -0.4 is 0 Å². The second-order valence-corrected chi connectivity index (χ2v) is 3.06. The summed E-state index contributed by atoms with van der Waals surface area (Å²) in [5.41, 5.74) is 0.629. The number of carbonyl (C=O) groups is 2. The molecule has 0 N–H and O–H groups in total. The lowest BCUT2D eigenvalue weighted by molar-refractivity contribution is -0.137. The predicted octanol–water partition coefficient (Wildman–Crippen LogP) is 1.79. The van der Waals surface area contributed by atoms with Crippen molar-refractivity contribution < 1.29 is 14.3 Å². The van der Waals surface area contributed by atoms with E-state index in [1.54, 1.807) is 13.0 Å². The fraction of sp³-hybridized carbons (Fsp3) is 0.455. The zero-order chi connectivity index (χ0) is 10.4. The lowest BCUT2D eigenvalue weighted by Gasteiger charge is -2.06. The maximum atomic E-state index is 11.3. The second-order valence-electron chi connectivity index (χ2n) is 3.06. The number of carbonyl (C=O) groups excluding carboxylic acids is 2. The van der Waals surface area contributed by atoms with Gasteiger partial charge in [-0.2, -0.15) is 0 Å². The van der Waals surface area contributed by atoms with Crippen molar-refractivity contribution in [3.63, 3.8) is 0 Å². The highest BCUT2D eigenvalue weighted by molar-refractivity contribution is 5.99. The van der Waals surface area contributed by atoms with Gasteiger partial charge in [0.15, 0.2) is 5.78 Å². The smallest absolute Gasteiger partial charge is 0.330 e. The molecule has 0 radical (unpaired) electrons. The zero-order valence-electron chi connectivity index (χ0n) is 8.29. The van der Waals surface area contributed by atoms with Crippen molar-refractivity contribution >= 4 is 11.8 Å². The van der Waals surface area contributed by atoms with Crippen LogP contribution in [0, 0.1) is 0 Å². The second kappa shape index (κ2) is 5.37. The van der Waals surface area contributed by atoms with Crippen LogP contribution in [0.4, 0.5) is 0 Å². The molecule has 1 rings (SSSR count). The van der Waals surface area contributed by atoms with Crippen LogP contribution >= 0.6 is 0 Å². The summed E-state index contributed by atoms with van der Waals surface area (Å²) in [6.07, 6.45) is 7.11.